The van der Waals surface area contributed by atoms with E-state index in [1.54, 1.807) is 58.3 Å². The van der Waals surface area contributed by atoms with Crippen LogP contribution in [0.3, 0.4) is 0 Å². The molecule has 2 fully saturated rings. The second kappa shape index (κ2) is 9.15. The van der Waals surface area contributed by atoms with Crippen molar-refractivity contribution >= 4 is 21.7 Å². The first kappa shape index (κ1) is 22.1. The summed E-state index contributed by atoms with van der Waals surface area (Å²) in [4.78, 5) is 16.9. The molecule has 7 nitrogen and oxygen atoms in total. The minimum atomic E-state index is -3.49. The average molecular weight is 451 g/mol. The Bertz CT molecular complexity index is 1150. The molecule has 4 rings (SSSR count). The van der Waals surface area contributed by atoms with Gasteiger partial charge in [0.05, 0.1) is 23.1 Å². The van der Waals surface area contributed by atoms with Crippen LogP contribution in [0.1, 0.15) is 18.4 Å². The number of hydrogen-bond donors (Lipinski definition) is 0. The van der Waals surface area contributed by atoms with Gasteiger partial charge in [-0.1, -0.05) is 30.8 Å². The minimum absolute atomic E-state index is 0.105. The molecule has 8 heteroatoms. The van der Waals surface area contributed by atoms with Crippen molar-refractivity contribution in [2.45, 2.75) is 17.7 Å². The molecule has 0 bridgehead atoms. The Kier molecular flexibility index (Phi) is 6.31. The zero-order chi connectivity index (χ0) is 22.7. The molecule has 0 radical (unpaired) electrons. The molecule has 32 heavy (non-hydrogen) atoms. The van der Waals surface area contributed by atoms with Crippen LogP contribution >= 0.6 is 0 Å². The van der Waals surface area contributed by atoms with Crippen LogP contribution in [0, 0.1) is 17.2 Å². The van der Waals surface area contributed by atoms with Crippen molar-refractivity contribution in [3.63, 3.8) is 0 Å². The maximum absolute atomic E-state index is 13.2. The van der Waals surface area contributed by atoms with E-state index in [9.17, 15) is 13.2 Å². The van der Waals surface area contributed by atoms with Crippen LogP contribution in [0.2, 0.25) is 0 Å². The van der Waals surface area contributed by atoms with Crippen LogP contribution in [0.25, 0.3) is 0 Å². The highest BCUT2D eigenvalue weighted by atomic mass is 32.2. The Balaban J connectivity index is 1.41. The fraction of sp³-hybridized carbons (Fsp3) is 0.333. The number of carbonyl (C=O) groups excluding carboxylic acids is 1. The highest BCUT2D eigenvalue weighted by molar-refractivity contribution is 7.89. The van der Waals surface area contributed by atoms with Gasteiger partial charge in [0.15, 0.2) is 0 Å². The van der Waals surface area contributed by atoms with Gasteiger partial charge in [-0.25, -0.2) is 13.2 Å². The van der Waals surface area contributed by atoms with E-state index in [2.05, 4.69) is 12.6 Å². The van der Waals surface area contributed by atoms with Crippen molar-refractivity contribution < 1.29 is 13.2 Å². The summed E-state index contributed by atoms with van der Waals surface area (Å²) in [6, 6.07) is 17.5. The lowest BCUT2D eigenvalue weighted by atomic mass is 9.97. The molecule has 0 spiro atoms. The average Bonchev–Trinajstić information content (AvgIpc) is 2.82. The molecule has 2 amide bonds. The lowest BCUT2D eigenvalue weighted by molar-refractivity contribution is 0.176. The van der Waals surface area contributed by atoms with E-state index in [1.165, 1.54) is 4.31 Å². The quantitative estimate of drug-likeness (QED) is 0.653. The van der Waals surface area contributed by atoms with Gasteiger partial charge in [0.1, 0.15) is 0 Å². The van der Waals surface area contributed by atoms with Crippen LogP contribution in [0.15, 0.2) is 71.6 Å². The molecule has 0 atom stereocenters. The molecule has 2 aliphatic rings. The predicted octanol–water partition coefficient (Wildman–Crippen LogP) is 3.46. The number of sulfonamides is 1. The molecule has 2 saturated heterocycles. The lowest BCUT2D eigenvalue weighted by Gasteiger charge is -2.40. The fourth-order valence-corrected chi connectivity index (χ4v) is 5.81. The van der Waals surface area contributed by atoms with Gasteiger partial charge in [-0.05, 0) is 54.7 Å². The zero-order valence-electron chi connectivity index (χ0n) is 17.9. The SMILES string of the molecule is C=C1CN(CC2CCN(S(=O)(=O)c3ccccc3)CC2)C(=O)N(c2cccc(C#N)c2)C1. The molecule has 2 aromatic carbocycles. The lowest BCUT2D eigenvalue weighted by Crippen LogP contribution is -2.52. The summed E-state index contributed by atoms with van der Waals surface area (Å²) < 4.78 is 27.2. The van der Waals surface area contributed by atoms with E-state index >= 15 is 0 Å². The number of nitrogens with zero attached hydrogens (tertiary/aromatic N) is 4. The van der Waals surface area contributed by atoms with Crippen LogP contribution in [0.4, 0.5) is 10.5 Å². The van der Waals surface area contributed by atoms with E-state index < -0.39 is 10.0 Å². The van der Waals surface area contributed by atoms with Gasteiger partial charge in [0, 0.05) is 31.9 Å². The van der Waals surface area contributed by atoms with Crippen molar-refractivity contribution in [1.82, 2.24) is 9.21 Å². The molecular weight excluding hydrogens is 424 g/mol. The van der Waals surface area contributed by atoms with E-state index in [0.717, 1.165) is 5.57 Å². The normalized spacial score (nSPS) is 18.6. The topological polar surface area (TPSA) is 84.7 Å². The first-order valence-corrected chi connectivity index (χ1v) is 12.1. The van der Waals surface area contributed by atoms with Gasteiger partial charge in [0.25, 0.3) is 0 Å². The van der Waals surface area contributed by atoms with Gasteiger partial charge in [-0.2, -0.15) is 9.57 Å². The summed E-state index contributed by atoms with van der Waals surface area (Å²) in [5.74, 6) is 0.222. The Morgan fingerprint density at radius 1 is 1.03 bits per heavy atom. The van der Waals surface area contributed by atoms with Crippen molar-refractivity contribution in [3.8, 4) is 6.07 Å². The smallest absolute Gasteiger partial charge is 0.320 e. The Labute approximate surface area is 189 Å². The van der Waals surface area contributed by atoms with Crippen LogP contribution in [0.5, 0.6) is 0 Å². The molecule has 2 aromatic rings. The third-order valence-electron chi connectivity index (χ3n) is 6.02. The van der Waals surface area contributed by atoms with Gasteiger partial charge in [-0.3, -0.25) is 4.90 Å². The molecule has 0 aromatic heterocycles. The Morgan fingerprint density at radius 3 is 2.44 bits per heavy atom. The largest absolute Gasteiger partial charge is 0.325 e. The van der Waals surface area contributed by atoms with Gasteiger partial charge in [0.2, 0.25) is 10.0 Å². The second-order valence-corrected chi connectivity index (χ2v) is 10.3. The Hall–Kier alpha value is -3.15. The number of piperidine rings is 1. The minimum Gasteiger partial charge on any atom is -0.320 e. The van der Waals surface area contributed by atoms with Crippen molar-refractivity contribution in [2.75, 3.05) is 37.6 Å². The number of hydrogen-bond acceptors (Lipinski definition) is 4. The molecule has 166 valence electrons. The maximum Gasteiger partial charge on any atom is 0.325 e. The maximum atomic E-state index is 13.2. The van der Waals surface area contributed by atoms with E-state index in [-0.39, 0.29) is 11.9 Å². The number of urea groups is 1. The number of carbonyl (C=O) groups is 1. The summed E-state index contributed by atoms with van der Waals surface area (Å²) in [7, 11) is -3.49. The van der Waals surface area contributed by atoms with Crippen LogP contribution < -0.4 is 4.90 Å². The summed E-state index contributed by atoms with van der Waals surface area (Å²) in [5, 5.41) is 9.17. The first-order chi connectivity index (χ1) is 15.4. The van der Waals surface area contributed by atoms with Crippen molar-refractivity contribution in [1.29, 1.82) is 5.26 Å². The summed E-state index contributed by atoms with van der Waals surface area (Å²) in [5.41, 5.74) is 2.12. The number of amides is 2. The summed E-state index contributed by atoms with van der Waals surface area (Å²) >= 11 is 0. The summed E-state index contributed by atoms with van der Waals surface area (Å²) in [6.45, 7) is 6.47. The molecule has 2 heterocycles. The molecule has 0 N–H and O–H groups in total. The predicted molar refractivity (Wildman–Crippen MR) is 123 cm³/mol. The fourth-order valence-electron chi connectivity index (χ4n) is 4.32. The summed E-state index contributed by atoms with van der Waals surface area (Å²) in [6.07, 6.45) is 1.40. The third-order valence-corrected chi connectivity index (χ3v) is 7.93. The highest BCUT2D eigenvalue weighted by Crippen LogP contribution is 2.27. The molecule has 0 aliphatic carbocycles. The molecular formula is C24H26N4O3S. The third kappa shape index (κ3) is 4.54. The van der Waals surface area contributed by atoms with Crippen molar-refractivity contribution in [2.24, 2.45) is 5.92 Å². The Morgan fingerprint density at radius 2 is 1.75 bits per heavy atom. The van der Waals surface area contributed by atoms with E-state index in [4.69, 9.17) is 5.26 Å². The molecule has 0 saturated carbocycles. The van der Waals surface area contributed by atoms with Crippen LogP contribution in [-0.2, 0) is 10.0 Å². The zero-order valence-corrected chi connectivity index (χ0v) is 18.7. The monoisotopic (exact) mass is 450 g/mol. The number of rotatable bonds is 5. The number of anilines is 1. The second-order valence-electron chi connectivity index (χ2n) is 8.32. The first-order valence-electron chi connectivity index (χ1n) is 10.7. The van der Waals surface area contributed by atoms with E-state index in [0.29, 0.717) is 61.7 Å². The van der Waals surface area contributed by atoms with E-state index in [1.807, 2.05) is 6.07 Å². The number of nitriles is 1. The van der Waals surface area contributed by atoms with Crippen molar-refractivity contribution in [3.05, 3.63) is 72.3 Å². The molecule has 2 aliphatic heterocycles. The van der Waals surface area contributed by atoms with Gasteiger partial charge in [-0.15, -0.1) is 0 Å². The van der Waals surface area contributed by atoms with Crippen LogP contribution in [-0.4, -0.2) is 56.4 Å². The van der Waals surface area contributed by atoms with Gasteiger partial charge >= 0.3 is 6.03 Å². The highest BCUT2D eigenvalue weighted by Gasteiger charge is 2.34. The number of benzene rings is 2. The van der Waals surface area contributed by atoms with Gasteiger partial charge < -0.3 is 4.90 Å². The standard InChI is InChI=1S/C24H26N4O3S/c1-19-16-26(24(29)28(17-19)22-7-5-6-21(14-22)15-25)18-20-10-12-27(13-11-20)32(30,31)23-8-3-2-4-9-23/h2-9,14,20H,1,10-13,16-18H2. The molecule has 0 unspecified atom stereocenters.